The first-order chi connectivity index (χ1) is 10.1. The molecule has 0 radical (unpaired) electrons. The van der Waals surface area contributed by atoms with E-state index in [2.05, 4.69) is 11.9 Å². The Morgan fingerprint density at radius 1 is 1.33 bits per heavy atom. The van der Waals surface area contributed by atoms with Crippen LogP contribution in [0.5, 0.6) is 0 Å². The standard InChI is InChI=1S/C18H27FN2/c1-12-3-5-15(9-17(12)19)18(10-20)21(2)11-16-8-13-4-6-14(16)7-13/h3,5,9,13-14,16,18H,4,6-8,10-11,20H2,1-2H3. The van der Waals surface area contributed by atoms with E-state index in [1.54, 1.807) is 13.0 Å². The molecule has 0 saturated heterocycles. The summed E-state index contributed by atoms with van der Waals surface area (Å²) in [5.41, 5.74) is 7.69. The zero-order chi connectivity index (χ0) is 15.0. The Morgan fingerprint density at radius 2 is 2.14 bits per heavy atom. The van der Waals surface area contributed by atoms with Crippen LogP contribution >= 0.6 is 0 Å². The summed E-state index contributed by atoms with van der Waals surface area (Å²) in [6.45, 7) is 3.44. The minimum absolute atomic E-state index is 0.124. The van der Waals surface area contributed by atoms with Gasteiger partial charge in [0.05, 0.1) is 0 Å². The Labute approximate surface area is 127 Å². The van der Waals surface area contributed by atoms with Crippen LogP contribution in [0, 0.1) is 30.5 Å². The molecule has 0 amide bonds. The van der Waals surface area contributed by atoms with E-state index >= 15 is 0 Å². The van der Waals surface area contributed by atoms with Gasteiger partial charge in [-0.2, -0.15) is 0 Å². The molecule has 2 aliphatic carbocycles. The van der Waals surface area contributed by atoms with Crippen molar-refractivity contribution < 1.29 is 4.39 Å². The van der Waals surface area contributed by atoms with Crippen LogP contribution < -0.4 is 5.73 Å². The van der Waals surface area contributed by atoms with Gasteiger partial charge in [0.15, 0.2) is 0 Å². The van der Waals surface area contributed by atoms with Gasteiger partial charge in [-0.15, -0.1) is 0 Å². The fraction of sp³-hybridized carbons (Fsp3) is 0.667. The van der Waals surface area contributed by atoms with Gasteiger partial charge in [-0.3, -0.25) is 4.90 Å². The predicted molar refractivity (Wildman–Crippen MR) is 84.5 cm³/mol. The van der Waals surface area contributed by atoms with E-state index in [0.29, 0.717) is 12.1 Å². The molecule has 0 aromatic heterocycles. The van der Waals surface area contributed by atoms with E-state index in [-0.39, 0.29) is 11.9 Å². The first kappa shape index (κ1) is 15.0. The van der Waals surface area contributed by atoms with Crippen LogP contribution in [-0.4, -0.2) is 25.0 Å². The lowest BCUT2D eigenvalue weighted by atomic mass is 9.88. The molecule has 4 atom stereocenters. The number of hydrogen-bond donors (Lipinski definition) is 1. The quantitative estimate of drug-likeness (QED) is 0.899. The van der Waals surface area contributed by atoms with Crippen LogP contribution in [-0.2, 0) is 0 Å². The SMILES string of the molecule is Cc1ccc(C(CN)N(C)CC2CC3CCC2C3)cc1F. The molecule has 2 aliphatic rings. The van der Waals surface area contributed by atoms with Crippen molar-refractivity contribution in [3.63, 3.8) is 0 Å². The maximum atomic E-state index is 13.8. The topological polar surface area (TPSA) is 29.3 Å². The molecule has 3 rings (SSSR count). The molecule has 2 N–H and O–H groups in total. The summed E-state index contributed by atoms with van der Waals surface area (Å²) in [4.78, 5) is 2.34. The van der Waals surface area contributed by atoms with Crippen molar-refractivity contribution in [1.82, 2.24) is 4.90 Å². The van der Waals surface area contributed by atoms with Crippen LogP contribution in [0.2, 0.25) is 0 Å². The van der Waals surface area contributed by atoms with Crippen LogP contribution in [0.25, 0.3) is 0 Å². The predicted octanol–water partition coefficient (Wildman–Crippen LogP) is 3.50. The highest BCUT2D eigenvalue weighted by Gasteiger charge is 2.40. The Morgan fingerprint density at radius 3 is 2.71 bits per heavy atom. The molecule has 3 heteroatoms. The number of fused-ring (bicyclic) bond motifs is 2. The molecule has 2 saturated carbocycles. The number of rotatable bonds is 5. The average molecular weight is 290 g/mol. The van der Waals surface area contributed by atoms with Gasteiger partial charge in [-0.25, -0.2) is 4.39 Å². The highest BCUT2D eigenvalue weighted by molar-refractivity contribution is 5.26. The Balaban J connectivity index is 1.68. The molecule has 2 bridgehead atoms. The van der Waals surface area contributed by atoms with Crippen molar-refractivity contribution in [1.29, 1.82) is 0 Å². The molecule has 1 aromatic carbocycles. The van der Waals surface area contributed by atoms with Crippen molar-refractivity contribution >= 4 is 0 Å². The average Bonchev–Trinajstić information content (AvgIpc) is 3.06. The van der Waals surface area contributed by atoms with E-state index in [1.807, 2.05) is 12.1 Å². The summed E-state index contributed by atoms with van der Waals surface area (Å²) in [5.74, 6) is 2.59. The maximum absolute atomic E-state index is 13.8. The molecule has 0 spiro atoms. The number of hydrogen-bond acceptors (Lipinski definition) is 2. The molecule has 116 valence electrons. The number of likely N-dealkylation sites (N-methyl/N-ethyl adjacent to an activating group) is 1. The first-order valence-electron chi connectivity index (χ1n) is 8.24. The second-order valence-corrected chi connectivity index (χ2v) is 7.13. The second kappa shape index (κ2) is 6.05. The number of aryl methyl sites for hydroxylation is 1. The van der Waals surface area contributed by atoms with Gasteiger partial charge in [-0.1, -0.05) is 18.6 Å². The van der Waals surface area contributed by atoms with Gasteiger partial charge in [-0.05, 0) is 68.2 Å². The minimum atomic E-state index is -0.126. The van der Waals surface area contributed by atoms with Gasteiger partial charge in [0.2, 0.25) is 0 Å². The summed E-state index contributed by atoms with van der Waals surface area (Å²) in [5, 5.41) is 0. The van der Waals surface area contributed by atoms with E-state index in [1.165, 1.54) is 25.7 Å². The fourth-order valence-electron chi connectivity index (χ4n) is 4.48. The van der Waals surface area contributed by atoms with Crippen LogP contribution in [0.1, 0.15) is 42.9 Å². The Kier molecular flexibility index (Phi) is 4.32. The number of nitrogens with two attached hydrogens (primary N) is 1. The third kappa shape index (κ3) is 3.00. The fourth-order valence-corrected chi connectivity index (χ4v) is 4.48. The molecule has 21 heavy (non-hydrogen) atoms. The molecule has 2 nitrogen and oxygen atoms in total. The van der Waals surface area contributed by atoms with E-state index in [9.17, 15) is 4.39 Å². The van der Waals surface area contributed by atoms with Crippen molar-refractivity contribution in [2.24, 2.45) is 23.5 Å². The minimum Gasteiger partial charge on any atom is -0.329 e. The smallest absolute Gasteiger partial charge is 0.126 e. The third-order valence-corrected chi connectivity index (χ3v) is 5.74. The van der Waals surface area contributed by atoms with E-state index in [0.717, 1.165) is 29.9 Å². The van der Waals surface area contributed by atoms with E-state index in [4.69, 9.17) is 5.73 Å². The lowest BCUT2D eigenvalue weighted by Crippen LogP contribution is -2.35. The summed E-state index contributed by atoms with van der Waals surface area (Å²) < 4.78 is 13.8. The van der Waals surface area contributed by atoms with Crippen molar-refractivity contribution in [2.45, 2.75) is 38.6 Å². The van der Waals surface area contributed by atoms with Crippen molar-refractivity contribution in [3.8, 4) is 0 Å². The monoisotopic (exact) mass is 290 g/mol. The normalized spacial score (nSPS) is 29.3. The molecule has 0 heterocycles. The molecule has 4 unspecified atom stereocenters. The second-order valence-electron chi connectivity index (χ2n) is 7.13. The summed E-state index contributed by atoms with van der Waals surface area (Å²) >= 11 is 0. The zero-order valence-corrected chi connectivity index (χ0v) is 13.2. The van der Waals surface area contributed by atoms with Gasteiger partial charge in [0, 0.05) is 19.1 Å². The van der Waals surface area contributed by atoms with Gasteiger partial charge < -0.3 is 5.73 Å². The summed E-state index contributed by atoms with van der Waals surface area (Å²) in [6, 6.07) is 5.66. The molecular formula is C18H27FN2. The lowest BCUT2D eigenvalue weighted by molar-refractivity contribution is 0.176. The van der Waals surface area contributed by atoms with Gasteiger partial charge in [0.25, 0.3) is 0 Å². The Bertz CT molecular complexity index is 502. The number of benzene rings is 1. The molecule has 0 aliphatic heterocycles. The number of halogens is 1. The van der Waals surface area contributed by atoms with Crippen LogP contribution in [0.3, 0.4) is 0 Å². The lowest BCUT2D eigenvalue weighted by Gasteiger charge is -2.32. The highest BCUT2D eigenvalue weighted by Crippen LogP contribution is 2.48. The third-order valence-electron chi connectivity index (χ3n) is 5.74. The van der Waals surface area contributed by atoms with Crippen LogP contribution in [0.15, 0.2) is 18.2 Å². The zero-order valence-electron chi connectivity index (χ0n) is 13.2. The van der Waals surface area contributed by atoms with E-state index < -0.39 is 0 Å². The summed E-state index contributed by atoms with van der Waals surface area (Å²) in [6.07, 6.45) is 5.67. The van der Waals surface area contributed by atoms with Gasteiger partial charge >= 0.3 is 0 Å². The molecule has 2 fully saturated rings. The Hall–Kier alpha value is -0.930. The summed E-state index contributed by atoms with van der Waals surface area (Å²) in [7, 11) is 2.14. The largest absolute Gasteiger partial charge is 0.329 e. The first-order valence-corrected chi connectivity index (χ1v) is 8.24. The van der Waals surface area contributed by atoms with Crippen LogP contribution in [0.4, 0.5) is 4.39 Å². The van der Waals surface area contributed by atoms with Gasteiger partial charge in [0.1, 0.15) is 5.82 Å². The highest BCUT2D eigenvalue weighted by atomic mass is 19.1. The maximum Gasteiger partial charge on any atom is 0.126 e. The number of nitrogens with zero attached hydrogens (tertiary/aromatic N) is 1. The molecule has 1 aromatic rings. The van der Waals surface area contributed by atoms with Crippen molar-refractivity contribution in [3.05, 3.63) is 35.1 Å². The molecular weight excluding hydrogens is 263 g/mol. The van der Waals surface area contributed by atoms with Crippen molar-refractivity contribution in [2.75, 3.05) is 20.1 Å².